The smallest absolute Gasteiger partial charge is 0.269 e. The van der Waals surface area contributed by atoms with Gasteiger partial charge >= 0.3 is 0 Å². The van der Waals surface area contributed by atoms with Gasteiger partial charge in [0.1, 0.15) is 7.36 Å². The normalized spacial score (nSPS) is 17.7. The highest BCUT2D eigenvalue weighted by Crippen LogP contribution is 2.59. The van der Waals surface area contributed by atoms with Crippen molar-refractivity contribution in [1.29, 1.82) is 0 Å². The highest BCUT2D eigenvalue weighted by Gasteiger charge is 2.39. The Labute approximate surface area is 211 Å². The Hall–Kier alpha value is -2.81. The second-order valence-electron chi connectivity index (χ2n) is 9.12. The summed E-state index contributed by atoms with van der Waals surface area (Å²) in [4.78, 5) is 13.1. The van der Waals surface area contributed by atoms with Gasteiger partial charge < -0.3 is 14.4 Å². The van der Waals surface area contributed by atoms with Crippen LogP contribution in [0.2, 0.25) is 0 Å². The number of anilines is 1. The Morgan fingerprint density at radius 3 is 1.92 bits per heavy atom. The molecule has 2 aliphatic heterocycles. The van der Waals surface area contributed by atoms with E-state index in [0.29, 0.717) is 26.4 Å². The van der Waals surface area contributed by atoms with E-state index >= 15 is 0 Å². The first-order valence-electron chi connectivity index (χ1n) is 12.2. The van der Waals surface area contributed by atoms with Gasteiger partial charge in [-0.15, -0.1) is 0 Å². The molecule has 5 rings (SSSR count). The Kier molecular flexibility index (Phi) is 7.37. The van der Waals surface area contributed by atoms with Gasteiger partial charge in [-0.25, -0.2) is 14.1 Å². The lowest BCUT2D eigenvalue weighted by molar-refractivity contribution is -0.384. The van der Waals surface area contributed by atoms with E-state index in [1.54, 1.807) is 24.3 Å². The summed E-state index contributed by atoms with van der Waals surface area (Å²) in [7, 11) is 1.62. The van der Waals surface area contributed by atoms with Gasteiger partial charge in [0.15, 0.2) is 0 Å². The van der Waals surface area contributed by atoms with Gasteiger partial charge in [-0.3, -0.25) is 10.1 Å². The van der Waals surface area contributed by atoms with E-state index in [4.69, 9.17) is 14.2 Å². The Bertz CT molecular complexity index is 1260. The molecule has 9 nitrogen and oxygen atoms in total. The first-order chi connectivity index (χ1) is 17.5. The monoisotopic (exact) mass is 509 g/mol. The highest BCUT2D eigenvalue weighted by molar-refractivity contribution is 7.70. The van der Waals surface area contributed by atoms with Crippen LogP contribution in [0.4, 0.5) is 17.1 Å². The molecule has 2 fully saturated rings. The van der Waals surface area contributed by atoms with Crippen LogP contribution in [0.1, 0.15) is 0 Å². The van der Waals surface area contributed by atoms with Crippen molar-refractivity contribution < 1.29 is 14.4 Å². The Balaban J connectivity index is 1.82. The fourth-order valence-electron chi connectivity index (χ4n) is 5.05. The summed E-state index contributed by atoms with van der Waals surface area (Å²) >= 11 is 0. The Morgan fingerprint density at radius 2 is 1.39 bits per heavy atom. The van der Waals surface area contributed by atoms with E-state index in [2.05, 4.69) is 64.7 Å². The molecule has 0 aromatic heterocycles. The number of hydrogen-bond donors (Lipinski definition) is 0. The van der Waals surface area contributed by atoms with E-state index in [9.17, 15) is 10.1 Å². The molecule has 0 aliphatic carbocycles. The van der Waals surface area contributed by atoms with Gasteiger partial charge in [-0.1, -0.05) is 24.3 Å². The van der Waals surface area contributed by atoms with Gasteiger partial charge in [0.25, 0.3) is 5.69 Å². The van der Waals surface area contributed by atoms with Crippen LogP contribution in [-0.2, 0) is 9.47 Å². The minimum atomic E-state index is -2.51. The fraction of sp³-hybridized carbons (Fsp3) is 0.385. The molecular weight excluding hydrogens is 477 g/mol. The molecule has 0 saturated carbocycles. The number of rotatable bonds is 6. The lowest BCUT2D eigenvalue weighted by Gasteiger charge is -2.47. The van der Waals surface area contributed by atoms with Crippen molar-refractivity contribution in [2.24, 2.45) is 4.74 Å². The van der Waals surface area contributed by atoms with Crippen molar-refractivity contribution in [2.45, 2.75) is 0 Å². The molecule has 0 atom stereocenters. The summed E-state index contributed by atoms with van der Waals surface area (Å²) in [6.45, 7) is 5.67. The largest absolute Gasteiger partial charge is 0.379 e. The third-order valence-corrected chi connectivity index (χ3v) is 10.7. The van der Waals surface area contributed by atoms with Crippen LogP contribution in [0.15, 0.2) is 65.4 Å². The van der Waals surface area contributed by atoms with Crippen molar-refractivity contribution in [1.82, 2.24) is 9.34 Å². The molecule has 0 spiro atoms. The number of morpholine rings is 2. The molecule has 0 N–H and O–H groups in total. The molecule has 2 saturated heterocycles. The molecule has 2 aliphatic rings. The SMILES string of the molecule is CN(C)c1ccc(P(=Nc2ccc([N+](=O)[O-])cc2)(N2CCOCC2)N2CCOCC2)c2ccccc12. The second kappa shape index (κ2) is 10.7. The molecule has 0 radical (unpaired) electrons. The first-order valence-corrected chi connectivity index (χ1v) is 13.9. The van der Waals surface area contributed by atoms with E-state index in [-0.39, 0.29) is 10.6 Å². The molecule has 36 heavy (non-hydrogen) atoms. The maximum atomic E-state index is 11.3. The number of fused-ring (bicyclic) bond motifs is 1. The second-order valence-corrected chi connectivity index (χ2v) is 12.1. The standard InChI is InChI=1S/C26H32N5O4P/c1-28(2)25-11-12-26(24-6-4-3-5-23(24)25)36(29-13-17-34-18-14-29,30-15-19-35-20-16-30)27-21-7-9-22(10-8-21)31(32)33/h3-12H,13-20H2,1-2H3. The number of nitro benzene ring substituents is 1. The molecule has 2 heterocycles. The maximum absolute atomic E-state index is 11.3. The summed E-state index contributed by atoms with van der Waals surface area (Å²) in [5.41, 5.74) is 1.97. The van der Waals surface area contributed by atoms with Gasteiger partial charge in [-0.2, -0.15) is 0 Å². The molecule has 0 unspecified atom stereocenters. The first kappa shape index (κ1) is 24.9. The Morgan fingerprint density at radius 1 is 0.833 bits per heavy atom. The number of nitrogens with zero attached hydrogens (tertiary/aromatic N) is 5. The molecule has 0 bridgehead atoms. The van der Waals surface area contributed by atoms with Crippen molar-refractivity contribution in [3.63, 3.8) is 0 Å². The number of benzene rings is 3. The van der Waals surface area contributed by atoms with E-state index < -0.39 is 7.36 Å². The predicted molar refractivity (Wildman–Crippen MR) is 145 cm³/mol. The van der Waals surface area contributed by atoms with Crippen molar-refractivity contribution >= 4 is 40.5 Å². The van der Waals surface area contributed by atoms with Gasteiger partial charge in [0.2, 0.25) is 0 Å². The van der Waals surface area contributed by atoms with Gasteiger partial charge in [-0.05, 0) is 29.7 Å². The van der Waals surface area contributed by atoms with Crippen LogP contribution in [0, 0.1) is 10.1 Å². The zero-order valence-corrected chi connectivity index (χ0v) is 21.6. The van der Waals surface area contributed by atoms with Crippen LogP contribution in [0.5, 0.6) is 0 Å². The van der Waals surface area contributed by atoms with Crippen molar-refractivity contribution in [3.8, 4) is 0 Å². The van der Waals surface area contributed by atoms with Crippen LogP contribution >= 0.6 is 7.36 Å². The number of hydrogen-bond acceptors (Lipinski definition) is 6. The lowest BCUT2D eigenvalue weighted by Crippen LogP contribution is -2.46. The number of non-ortho nitro benzene ring substituents is 1. The van der Waals surface area contributed by atoms with Crippen LogP contribution < -0.4 is 10.2 Å². The van der Waals surface area contributed by atoms with Crippen LogP contribution in [-0.4, -0.2) is 81.0 Å². The van der Waals surface area contributed by atoms with Gasteiger partial charge in [0.05, 0.1) is 37.0 Å². The molecule has 190 valence electrons. The van der Waals surface area contributed by atoms with E-state index in [1.165, 1.54) is 16.1 Å². The molecule has 3 aromatic rings. The summed E-state index contributed by atoms with van der Waals surface area (Å²) in [6, 6.07) is 19.6. The third kappa shape index (κ3) is 4.65. The number of nitro groups is 1. The summed E-state index contributed by atoms with van der Waals surface area (Å²) in [5, 5.41) is 14.8. The average Bonchev–Trinajstić information content (AvgIpc) is 2.92. The summed E-state index contributed by atoms with van der Waals surface area (Å²) in [6.07, 6.45) is 0. The molecular formula is C26H32N5O4P. The van der Waals surface area contributed by atoms with Crippen molar-refractivity contribution in [3.05, 3.63) is 70.8 Å². The number of ether oxygens (including phenoxy) is 2. The van der Waals surface area contributed by atoms with Gasteiger partial charge in [0, 0.05) is 68.8 Å². The zero-order chi connectivity index (χ0) is 25.1. The third-order valence-electron chi connectivity index (χ3n) is 6.76. The van der Waals surface area contributed by atoms with E-state index in [1.807, 2.05) is 0 Å². The topological polar surface area (TPSA) is 83.7 Å². The predicted octanol–water partition coefficient (Wildman–Crippen LogP) is 4.47. The van der Waals surface area contributed by atoms with Crippen molar-refractivity contribution in [2.75, 3.05) is 71.6 Å². The molecule has 10 heteroatoms. The average molecular weight is 510 g/mol. The van der Waals surface area contributed by atoms with Crippen LogP contribution in [0.25, 0.3) is 10.8 Å². The molecule has 3 aromatic carbocycles. The van der Waals surface area contributed by atoms with E-state index in [0.717, 1.165) is 37.6 Å². The summed E-state index contributed by atoms with van der Waals surface area (Å²) < 4.78 is 22.1. The lowest BCUT2D eigenvalue weighted by atomic mass is 10.1. The zero-order valence-electron chi connectivity index (χ0n) is 20.7. The molecule has 0 amide bonds. The quantitative estimate of drug-likeness (QED) is 0.276. The van der Waals surface area contributed by atoms with Crippen LogP contribution in [0.3, 0.4) is 0 Å². The minimum Gasteiger partial charge on any atom is -0.379 e. The summed E-state index contributed by atoms with van der Waals surface area (Å²) in [5.74, 6) is 0. The highest BCUT2D eigenvalue weighted by atomic mass is 31.2. The minimum absolute atomic E-state index is 0.0661. The maximum Gasteiger partial charge on any atom is 0.269 e. The fourth-order valence-corrected chi connectivity index (χ4v) is 9.07.